The minimum absolute atomic E-state index is 0.0671. The Morgan fingerprint density at radius 1 is 1.14 bits per heavy atom. The molecule has 1 N–H and O–H groups in total. The smallest absolute Gasteiger partial charge is 0.434 e. The summed E-state index contributed by atoms with van der Waals surface area (Å²) >= 11 is 0. The maximum atomic E-state index is 13.7. The van der Waals surface area contributed by atoms with Crippen LogP contribution >= 0.6 is 0 Å². The normalized spacial score (nSPS) is 16.5. The number of benzene rings is 1. The van der Waals surface area contributed by atoms with Crippen molar-refractivity contribution >= 4 is 28.6 Å². The summed E-state index contributed by atoms with van der Waals surface area (Å²) in [6, 6.07) is 10.1. The number of carbonyl (C=O) groups is 1. The number of allylic oxidation sites excluding steroid dienone is 1. The van der Waals surface area contributed by atoms with Crippen molar-refractivity contribution in [3.63, 3.8) is 0 Å². The number of alkyl halides is 3. The molecule has 43 heavy (non-hydrogen) atoms. The van der Waals surface area contributed by atoms with Crippen molar-refractivity contribution in [2.24, 2.45) is 5.92 Å². The summed E-state index contributed by atoms with van der Waals surface area (Å²) in [5, 5.41) is 14.3. The third-order valence-electron chi connectivity index (χ3n) is 7.81. The molecule has 8 nitrogen and oxygen atoms in total. The molecule has 224 valence electrons. The summed E-state index contributed by atoms with van der Waals surface area (Å²) in [6.07, 6.45) is 3.88. The highest BCUT2D eigenvalue weighted by Crippen LogP contribution is 2.46. The number of fused-ring (bicyclic) bond motifs is 1. The Kier molecular flexibility index (Phi) is 7.57. The first-order valence-corrected chi connectivity index (χ1v) is 14.4. The topological polar surface area (TPSA) is 102 Å². The second-order valence-corrected chi connectivity index (χ2v) is 11.3. The lowest BCUT2D eigenvalue weighted by atomic mass is 9.94. The van der Waals surface area contributed by atoms with Gasteiger partial charge in [0.05, 0.1) is 11.6 Å². The zero-order valence-corrected chi connectivity index (χ0v) is 23.8. The van der Waals surface area contributed by atoms with Crippen molar-refractivity contribution in [1.29, 1.82) is 0 Å². The minimum atomic E-state index is -4.61. The molecule has 1 aliphatic heterocycles. The minimum Gasteiger partial charge on any atom is -0.490 e. The molecule has 0 amide bonds. The van der Waals surface area contributed by atoms with Crippen molar-refractivity contribution < 1.29 is 32.3 Å². The zero-order chi connectivity index (χ0) is 30.3. The van der Waals surface area contributed by atoms with Gasteiger partial charge in [-0.1, -0.05) is 17.3 Å². The van der Waals surface area contributed by atoms with Crippen molar-refractivity contribution in [3.8, 4) is 17.0 Å². The van der Waals surface area contributed by atoms with Gasteiger partial charge in [0.2, 0.25) is 0 Å². The zero-order valence-electron chi connectivity index (χ0n) is 23.8. The second kappa shape index (κ2) is 11.3. The van der Waals surface area contributed by atoms with E-state index in [0.717, 1.165) is 56.0 Å². The molecular formula is C32H31F3N4O4. The number of aromatic nitrogens is 3. The fourth-order valence-electron chi connectivity index (χ4n) is 5.55. The number of nitrogens with zero attached hydrogens (tertiary/aromatic N) is 4. The number of carboxylic acids is 1. The van der Waals surface area contributed by atoms with Crippen LogP contribution < -0.4 is 9.64 Å². The Morgan fingerprint density at radius 3 is 2.58 bits per heavy atom. The maximum Gasteiger partial charge on any atom is 0.434 e. The molecule has 0 radical (unpaired) electrons. The van der Waals surface area contributed by atoms with Gasteiger partial charge in [-0.25, -0.2) is 9.78 Å². The monoisotopic (exact) mass is 592 g/mol. The average molecular weight is 593 g/mol. The van der Waals surface area contributed by atoms with Crippen molar-refractivity contribution in [2.75, 3.05) is 18.0 Å². The summed E-state index contributed by atoms with van der Waals surface area (Å²) < 4.78 is 52.7. The lowest BCUT2D eigenvalue weighted by Crippen LogP contribution is -2.33. The number of ether oxygens (including phenoxy) is 1. The Morgan fingerprint density at radius 2 is 1.91 bits per heavy atom. The van der Waals surface area contributed by atoms with E-state index >= 15 is 0 Å². The number of anilines is 1. The number of pyridine rings is 2. The lowest BCUT2D eigenvalue weighted by molar-refractivity contribution is -0.140. The van der Waals surface area contributed by atoms with E-state index in [4.69, 9.17) is 9.26 Å². The number of piperidine rings is 1. The Bertz CT molecular complexity index is 1690. The third-order valence-corrected chi connectivity index (χ3v) is 7.81. The molecule has 3 aromatic heterocycles. The number of hydrogen-bond acceptors (Lipinski definition) is 7. The summed E-state index contributed by atoms with van der Waals surface area (Å²) in [7, 11) is 0. The van der Waals surface area contributed by atoms with Crippen LogP contribution in [0.2, 0.25) is 0 Å². The molecule has 1 saturated carbocycles. The summed E-state index contributed by atoms with van der Waals surface area (Å²) in [5.74, 6) is 0.402. The van der Waals surface area contributed by atoms with E-state index in [0.29, 0.717) is 22.6 Å². The van der Waals surface area contributed by atoms with Crippen LogP contribution in [0.15, 0.2) is 53.2 Å². The molecule has 2 fully saturated rings. The Hall–Kier alpha value is -4.41. The van der Waals surface area contributed by atoms with Crippen LogP contribution in [0.4, 0.5) is 18.9 Å². The predicted molar refractivity (Wildman–Crippen MR) is 155 cm³/mol. The first-order chi connectivity index (χ1) is 20.6. The van der Waals surface area contributed by atoms with Crippen molar-refractivity contribution in [2.45, 2.75) is 57.7 Å². The number of rotatable bonds is 8. The van der Waals surface area contributed by atoms with E-state index in [1.165, 1.54) is 18.2 Å². The number of halogens is 3. The average Bonchev–Trinajstić information content (AvgIpc) is 3.74. The van der Waals surface area contributed by atoms with Gasteiger partial charge in [-0.05, 0) is 75.8 Å². The summed E-state index contributed by atoms with van der Waals surface area (Å²) in [4.78, 5) is 21.7. The van der Waals surface area contributed by atoms with Crippen molar-refractivity contribution in [1.82, 2.24) is 15.1 Å². The number of aromatic carboxylic acids is 1. The molecule has 4 aromatic rings. The lowest BCUT2D eigenvalue weighted by Gasteiger charge is -2.32. The Labute approximate surface area is 246 Å². The molecule has 0 atom stereocenters. The maximum absolute atomic E-state index is 13.7. The highest BCUT2D eigenvalue weighted by molar-refractivity contribution is 5.94. The SMILES string of the molecule is CC(C)Oc1cc(C(=O)O)nc2ccc(N3CCC(/C=C/c4c(-c5cccnc5C(F)(F)F)noc4C4CC4)CC3)cc12. The molecule has 1 aliphatic carbocycles. The van der Waals surface area contributed by atoms with Crippen LogP contribution in [0.1, 0.15) is 73.0 Å². The number of carboxylic acid groups (broad SMARTS) is 1. The van der Waals surface area contributed by atoms with Crippen molar-refractivity contribution in [3.05, 3.63) is 71.4 Å². The van der Waals surface area contributed by atoms with Gasteiger partial charge in [0.25, 0.3) is 0 Å². The van der Waals surface area contributed by atoms with Crippen LogP contribution in [-0.4, -0.2) is 45.4 Å². The second-order valence-electron chi connectivity index (χ2n) is 11.3. The van der Waals surface area contributed by atoms with E-state index in [1.54, 1.807) is 0 Å². The molecule has 0 bridgehead atoms. The molecule has 11 heteroatoms. The Balaban J connectivity index is 1.21. The highest BCUT2D eigenvalue weighted by Gasteiger charge is 2.38. The van der Waals surface area contributed by atoms with Crippen LogP contribution in [0, 0.1) is 5.92 Å². The van der Waals surface area contributed by atoms with Crippen LogP contribution in [0.25, 0.3) is 28.2 Å². The summed E-state index contributed by atoms with van der Waals surface area (Å²) in [5.41, 5.74) is 1.19. The first-order valence-electron chi connectivity index (χ1n) is 14.4. The largest absolute Gasteiger partial charge is 0.490 e. The molecule has 2 aliphatic rings. The standard InChI is InChI=1S/C32H31F3N4O4/c1-18(2)42-27-17-26(31(40)41)37-25-10-8-21(16-24(25)27)39-14-11-19(12-15-39)5-9-22-28(38-43-29(22)20-6-7-20)23-4-3-13-36-30(23)32(33,34)35/h3-5,8-10,13,16-20H,6-7,11-12,14-15H2,1-2H3,(H,40,41)/b9-5+. The molecule has 4 heterocycles. The summed E-state index contributed by atoms with van der Waals surface area (Å²) in [6.45, 7) is 5.32. The van der Waals surface area contributed by atoms with Crippen LogP contribution in [0.5, 0.6) is 5.75 Å². The fraction of sp³-hybridized carbons (Fsp3) is 0.375. The number of hydrogen-bond donors (Lipinski definition) is 1. The highest BCUT2D eigenvalue weighted by atomic mass is 19.4. The fourth-order valence-corrected chi connectivity index (χ4v) is 5.55. The van der Waals surface area contributed by atoms with Gasteiger partial charge in [-0.2, -0.15) is 13.2 Å². The van der Waals surface area contributed by atoms with E-state index in [2.05, 4.69) is 26.1 Å². The van der Waals surface area contributed by atoms with Gasteiger partial charge in [0.15, 0.2) is 11.4 Å². The third kappa shape index (κ3) is 6.07. The molecular weight excluding hydrogens is 561 g/mol. The van der Waals surface area contributed by atoms with Gasteiger partial charge < -0.3 is 19.3 Å². The molecule has 1 aromatic carbocycles. The van der Waals surface area contributed by atoms with E-state index < -0.39 is 17.8 Å². The quantitative estimate of drug-likeness (QED) is 0.223. The van der Waals surface area contributed by atoms with Gasteiger partial charge in [0, 0.05) is 53.5 Å². The van der Waals surface area contributed by atoms with E-state index in [-0.39, 0.29) is 34.9 Å². The van der Waals surface area contributed by atoms with Gasteiger partial charge in [-0.15, -0.1) is 0 Å². The van der Waals surface area contributed by atoms with E-state index in [9.17, 15) is 23.1 Å². The molecule has 6 rings (SSSR count). The van der Waals surface area contributed by atoms with Crippen LogP contribution in [0.3, 0.4) is 0 Å². The van der Waals surface area contributed by atoms with Gasteiger partial charge in [-0.3, -0.25) is 4.98 Å². The molecule has 0 spiro atoms. The molecule has 0 unspecified atom stereocenters. The van der Waals surface area contributed by atoms with Gasteiger partial charge in [0.1, 0.15) is 17.2 Å². The first kappa shape index (κ1) is 28.7. The van der Waals surface area contributed by atoms with Gasteiger partial charge >= 0.3 is 12.1 Å². The molecule has 1 saturated heterocycles. The van der Waals surface area contributed by atoms with Crippen LogP contribution in [-0.2, 0) is 6.18 Å². The predicted octanol–water partition coefficient (Wildman–Crippen LogP) is 7.60. The van der Waals surface area contributed by atoms with E-state index in [1.807, 2.05) is 38.1 Å².